The molecular weight excluding hydrogens is 346 g/mol. The fraction of sp³-hybridized carbons (Fsp3) is 0.444. The molecular formula is C18H25N7O2. The van der Waals surface area contributed by atoms with E-state index in [1.54, 1.807) is 6.07 Å². The van der Waals surface area contributed by atoms with Gasteiger partial charge in [-0.3, -0.25) is 10.1 Å². The van der Waals surface area contributed by atoms with Gasteiger partial charge >= 0.3 is 0 Å². The van der Waals surface area contributed by atoms with Gasteiger partial charge in [0.2, 0.25) is 5.95 Å². The van der Waals surface area contributed by atoms with Crippen LogP contribution >= 0.6 is 0 Å². The van der Waals surface area contributed by atoms with Crippen LogP contribution in [0.5, 0.6) is 0 Å². The van der Waals surface area contributed by atoms with E-state index < -0.39 is 4.92 Å². The van der Waals surface area contributed by atoms with Gasteiger partial charge in [0, 0.05) is 42.6 Å². The maximum Gasteiger partial charge on any atom is 0.294 e. The van der Waals surface area contributed by atoms with Crippen molar-refractivity contribution in [1.29, 1.82) is 0 Å². The second-order valence-corrected chi connectivity index (χ2v) is 6.67. The molecule has 0 radical (unpaired) electrons. The average molecular weight is 371 g/mol. The lowest BCUT2D eigenvalue weighted by atomic mass is 10.2. The van der Waals surface area contributed by atoms with Crippen LogP contribution in [-0.2, 0) is 6.42 Å². The first-order chi connectivity index (χ1) is 13.0. The van der Waals surface area contributed by atoms with E-state index in [4.69, 9.17) is 5.73 Å². The Kier molecular flexibility index (Phi) is 5.70. The number of nitro groups is 1. The Morgan fingerprint density at radius 3 is 2.85 bits per heavy atom. The Balaban J connectivity index is 1.88. The molecule has 1 aliphatic rings. The second kappa shape index (κ2) is 8.17. The molecule has 4 N–H and O–H groups in total. The Morgan fingerprint density at radius 2 is 2.19 bits per heavy atom. The summed E-state index contributed by atoms with van der Waals surface area (Å²) < 4.78 is 0. The first-order valence-electron chi connectivity index (χ1n) is 9.11. The highest BCUT2D eigenvalue weighted by Crippen LogP contribution is 2.27. The SMILES string of the molecule is CCCc1cc(N2CC[C@H](NC)C2)nc(Nc2ccc(N)c([N+](=O)[O-])c2)n1. The molecule has 1 saturated heterocycles. The normalized spacial score (nSPS) is 16.5. The third kappa shape index (κ3) is 4.43. The fourth-order valence-corrected chi connectivity index (χ4v) is 3.20. The summed E-state index contributed by atoms with van der Waals surface area (Å²) in [7, 11) is 1.97. The number of nitrogen functional groups attached to an aromatic ring is 1. The summed E-state index contributed by atoms with van der Waals surface area (Å²) in [5, 5.41) is 17.5. The molecule has 1 aromatic heterocycles. The predicted molar refractivity (Wildman–Crippen MR) is 106 cm³/mol. The van der Waals surface area contributed by atoms with Crippen molar-refractivity contribution in [3.05, 3.63) is 40.1 Å². The number of hydrogen-bond donors (Lipinski definition) is 3. The predicted octanol–water partition coefficient (Wildman–Crippen LogP) is 2.46. The zero-order valence-corrected chi connectivity index (χ0v) is 15.6. The lowest BCUT2D eigenvalue weighted by Gasteiger charge is -2.19. The standard InChI is InChI=1S/C18H25N7O2/c1-3-4-12-10-17(24-8-7-14(11-24)20-2)23-18(21-12)22-13-5-6-15(19)16(9-13)25(26)27/h5-6,9-10,14,20H,3-4,7-8,11,19H2,1-2H3,(H,21,22,23)/t14-/m0/s1. The summed E-state index contributed by atoms with van der Waals surface area (Å²) in [5.74, 6) is 1.31. The lowest BCUT2D eigenvalue weighted by molar-refractivity contribution is -0.383. The number of nitrogens with zero attached hydrogens (tertiary/aromatic N) is 4. The molecule has 0 spiro atoms. The molecule has 1 aromatic carbocycles. The number of rotatable bonds is 7. The number of benzene rings is 1. The number of nitrogens with one attached hydrogen (secondary N) is 2. The van der Waals surface area contributed by atoms with Crippen LogP contribution in [-0.4, -0.2) is 41.1 Å². The molecule has 2 heterocycles. The van der Waals surface area contributed by atoms with Crippen LogP contribution in [0.2, 0.25) is 0 Å². The third-order valence-corrected chi connectivity index (χ3v) is 4.68. The summed E-state index contributed by atoms with van der Waals surface area (Å²) >= 11 is 0. The van der Waals surface area contributed by atoms with Crippen LogP contribution < -0.4 is 21.3 Å². The topological polar surface area (TPSA) is 122 Å². The van der Waals surface area contributed by atoms with E-state index in [0.717, 1.165) is 43.9 Å². The summed E-state index contributed by atoms with van der Waals surface area (Å²) in [4.78, 5) is 22.0. The van der Waals surface area contributed by atoms with Crippen molar-refractivity contribution in [1.82, 2.24) is 15.3 Å². The maximum absolute atomic E-state index is 11.1. The molecule has 0 amide bonds. The van der Waals surface area contributed by atoms with Crippen LogP contribution in [0, 0.1) is 10.1 Å². The van der Waals surface area contributed by atoms with E-state index in [1.807, 2.05) is 13.1 Å². The Morgan fingerprint density at radius 1 is 1.37 bits per heavy atom. The van der Waals surface area contributed by atoms with E-state index in [0.29, 0.717) is 17.7 Å². The minimum Gasteiger partial charge on any atom is -0.393 e. The molecule has 1 aliphatic heterocycles. The zero-order valence-electron chi connectivity index (χ0n) is 15.6. The zero-order chi connectivity index (χ0) is 19.4. The Bertz CT molecular complexity index is 827. The molecule has 0 unspecified atom stereocenters. The van der Waals surface area contributed by atoms with Gasteiger partial charge in [0.25, 0.3) is 5.69 Å². The summed E-state index contributed by atoms with van der Waals surface area (Å²) in [6.45, 7) is 3.93. The van der Waals surface area contributed by atoms with Crippen molar-refractivity contribution in [2.75, 3.05) is 36.1 Å². The van der Waals surface area contributed by atoms with Gasteiger partial charge in [0.1, 0.15) is 11.5 Å². The molecule has 1 fully saturated rings. The van der Waals surface area contributed by atoms with Crippen molar-refractivity contribution in [3.8, 4) is 0 Å². The largest absolute Gasteiger partial charge is 0.393 e. The van der Waals surface area contributed by atoms with Crippen molar-refractivity contribution in [2.45, 2.75) is 32.2 Å². The molecule has 27 heavy (non-hydrogen) atoms. The summed E-state index contributed by atoms with van der Waals surface area (Å²) in [6, 6.07) is 7.07. The molecule has 9 heteroatoms. The summed E-state index contributed by atoms with van der Waals surface area (Å²) in [6.07, 6.45) is 2.88. The number of nitro benzene ring substituents is 1. The molecule has 144 valence electrons. The maximum atomic E-state index is 11.1. The number of hydrogen-bond acceptors (Lipinski definition) is 8. The van der Waals surface area contributed by atoms with Crippen LogP contribution in [0.15, 0.2) is 24.3 Å². The highest BCUT2D eigenvalue weighted by Gasteiger charge is 2.23. The second-order valence-electron chi connectivity index (χ2n) is 6.67. The van der Waals surface area contributed by atoms with Gasteiger partial charge in [-0.15, -0.1) is 0 Å². The number of likely N-dealkylation sites (N-methyl/N-ethyl adjacent to an activating group) is 1. The molecule has 9 nitrogen and oxygen atoms in total. The van der Waals surface area contributed by atoms with Gasteiger partial charge in [-0.1, -0.05) is 13.3 Å². The summed E-state index contributed by atoms with van der Waals surface area (Å²) in [5.41, 5.74) is 7.14. The van der Waals surface area contributed by atoms with Crippen molar-refractivity contribution in [3.63, 3.8) is 0 Å². The molecule has 3 rings (SSSR count). The molecule has 0 bridgehead atoms. The number of nitrogens with two attached hydrogens (primary N) is 1. The molecule has 0 saturated carbocycles. The number of aromatic nitrogens is 2. The third-order valence-electron chi connectivity index (χ3n) is 4.68. The highest BCUT2D eigenvalue weighted by molar-refractivity contribution is 5.68. The number of aryl methyl sites for hydroxylation is 1. The lowest BCUT2D eigenvalue weighted by Crippen LogP contribution is -2.30. The van der Waals surface area contributed by atoms with Crippen LogP contribution in [0.25, 0.3) is 0 Å². The monoisotopic (exact) mass is 371 g/mol. The van der Waals surface area contributed by atoms with Gasteiger partial charge in [0.05, 0.1) is 4.92 Å². The van der Waals surface area contributed by atoms with E-state index >= 15 is 0 Å². The minimum atomic E-state index is -0.498. The average Bonchev–Trinajstić information content (AvgIpc) is 3.12. The van der Waals surface area contributed by atoms with Gasteiger partial charge in [-0.05, 0) is 32.0 Å². The Labute approximate surface area is 158 Å². The fourth-order valence-electron chi connectivity index (χ4n) is 3.20. The van der Waals surface area contributed by atoms with Crippen LogP contribution in [0.1, 0.15) is 25.5 Å². The van der Waals surface area contributed by atoms with Gasteiger partial charge in [-0.25, -0.2) is 4.98 Å². The van der Waals surface area contributed by atoms with Crippen molar-refractivity contribution < 1.29 is 4.92 Å². The first-order valence-corrected chi connectivity index (χ1v) is 9.11. The van der Waals surface area contributed by atoms with Gasteiger partial charge in [-0.2, -0.15) is 4.98 Å². The minimum absolute atomic E-state index is 0.127. The number of anilines is 4. The van der Waals surface area contributed by atoms with Crippen molar-refractivity contribution >= 4 is 28.8 Å². The quantitative estimate of drug-likeness (QED) is 0.385. The van der Waals surface area contributed by atoms with Gasteiger partial charge in [0.15, 0.2) is 0 Å². The molecule has 0 aliphatic carbocycles. The van der Waals surface area contributed by atoms with E-state index in [9.17, 15) is 10.1 Å². The van der Waals surface area contributed by atoms with E-state index in [-0.39, 0.29) is 11.4 Å². The Hall–Kier alpha value is -2.94. The van der Waals surface area contributed by atoms with Crippen molar-refractivity contribution in [2.24, 2.45) is 0 Å². The van der Waals surface area contributed by atoms with Gasteiger partial charge < -0.3 is 21.3 Å². The smallest absolute Gasteiger partial charge is 0.294 e. The van der Waals surface area contributed by atoms with Crippen LogP contribution in [0.4, 0.5) is 28.8 Å². The highest BCUT2D eigenvalue weighted by atomic mass is 16.6. The van der Waals surface area contributed by atoms with Crippen LogP contribution in [0.3, 0.4) is 0 Å². The molecule has 1 atom stereocenters. The molecule has 2 aromatic rings. The van der Waals surface area contributed by atoms with E-state index in [2.05, 4.69) is 32.4 Å². The first kappa shape index (κ1) is 18.8. The van der Waals surface area contributed by atoms with E-state index in [1.165, 1.54) is 12.1 Å².